The van der Waals surface area contributed by atoms with Crippen LogP contribution in [0, 0.1) is 0 Å². The Morgan fingerprint density at radius 3 is 2.55 bits per heavy atom. The van der Waals surface area contributed by atoms with Crippen LogP contribution >= 0.6 is 0 Å². The first-order valence-electron chi connectivity index (χ1n) is 6.38. The Labute approximate surface area is 119 Å². The van der Waals surface area contributed by atoms with Crippen LogP contribution in [0.1, 0.15) is 33.4 Å². The van der Waals surface area contributed by atoms with E-state index in [1.54, 1.807) is 46.2 Å². The summed E-state index contributed by atoms with van der Waals surface area (Å²) >= 11 is 0. The lowest BCUT2D eigenvalue weighted by Crippen LogP contribution is -2.49. The average molecular weight is 281 g/mol. The molecule has 0 aromatic carbocycles. The Hall–Kier alpha value is -1.82. The van der Waals surface area contributed by atoms with Crippen molar-refractivity contribution in [1.29, 1.82) is 0 Å². The SMILES string of the molecule is COC[C@](C)(NC(=O)OC(C)(C)C)c1cc(N)ccn1. The predicted molar refractivity (Wildman–Crippen MR) is 77.2 cm³/mol. The average Bonchev–Trinajstić information content (AvgIpc) is 2.26. The third-order valence-electron chi connectivity index (χ3n) is 2.56. The van der Waals surface area contributed by atoms with Gasteiger partial charge in [0.1, 0.15) is 11.1 Å². The van der Waals surface area contributed by atoms with Crippen molar-refractivity contribution in [2.45, 2.75) is 38.8 Å². The number of hydrogen-bond acceptors (Lipinski definition) is 5. The fraction of sp³-hybridized carbons (Fsp3) is 0.571. The molecule has 0 saturated heterocycles. The van der Waals surface area contributed by atoms with Crippen LogP contribution in [-0.4, -0.2) is 30.4 Å². The second kappa shape index (κ2) is 6.09. The number of ether oxygens (including phenoxy) is 2. The number of pyridine rings is 1. The van der Waals surface area contributed by atoms with Crippen molar-refractivity contribution in [1.82, 2.24) is 10.3 Å². The van der Waals surface area contributed by atoms with Gasteiger partial charge in [-0.15, -0.1) is 0 Å². The zero-order valence-electron chi connectivity index (χ0n) is 12.7. The van der Waals surface area contributed by atoms with Crippen LogP contribution in [0.2, 0.25) is 0 Å². The molecule has 0 spiro atoms. The lowest BCUT2D eigenvalue weighted by Gasteiger charge is -2.31. The quantitative estimate of drug-likeness (QED) is 0.882. The monoisotopic (exact) mass is 281 g/mol. The number of nitrogens with one attached hydrogen (secondary N) is 1. The Bertz CT molecular complexity index is 471. The molecule has 1 heterocycles. The van der Waals surface area contributed by atoms with Gasteiger partial charge in [0.25, 0.3) is 0 Å². The highest BCUT2D eigenvalue weighted by Gasteiger charge is 2.32. The molecule has 0 bridgehead atoms. The van der Waals surface area contributed by atoms with Crippen molar-refractivity contribution in [3.05, 3.63) is 24.0 Å². The van der Waals surface area contributed by atoms with E-state index in [0.29, 0.717) is 11.4 Å². The molecule has 0 saturated carbocycles. The van der Waals surface area contributed by atoms with E-state index >= 15 is 0 Å². The van der Waals surface area contributed by atoms with Gasteiger partial charge in [-0.1, -0.05) is 0 Å². The van der Waals surface area contributed by atoms with Crippen LogP contribution in [0.3, 0.4) is 0 Å². The van der Waals surface area contributed by atoms with Gasteiger partial charge in [0, 0.05) is 19.0 Å². The van der Waals surface area contributed by atoms with E-state index in [9.17, 15) is 4.79 Å². The van der Waals surface area contributed by atoms with E-state index < -0.39 is 17.2 Å². The highest BCUT2D eigenvalue weighted by molar-refractivity contribution is 5.69. The number of rotatable bonds is 4. The summed E-state index contributed by atoms with van der Waals surface area (Å²) in [7, 11) is 1.56. The first-order chi connectivity index (χ1) is 9.16. The van der Waals surface area contributed by atoms with Crippen LogP contribution in [-0.2, 0) is 15.0 Å². The number of carbonyl (C=O) groups excluding carboxylic acids is 1. The summed E-state index contributed by atoms with van der Waals surface area (Å²) in [6.45, 7) is 7.47. The van der Waals surface area contributed by atoms with Gasteiger partial charge < -0.3 is 20.5 Å². The van der Waals surface area contributed by atoms with E-state index in [0.717, 1.165) is 0 Å². The van der Waals surface area contributed by atoms with Crippen molar-refractivity contribution in [3.63, 3.8) is 0 Å². The Morgan fingerprint density at radius 1 is 1.40 bits per heavy atom. The second-order valence-electron chi connectivity index (χ2n) is 5.87. The zero-order chi connectivity index (χ0) is 15.4. The molecular formula is C14H23N3O3. The minimum atomic E-state index is -0.813. The summed E-state index contributed by atoms with van der Waals surface area (Å²) < 4.78 is 10.4. The fourth-order valence-corrected chi connectivity index (χ4v) is 1.74. The number of methoxy groups -OCH3 is 1. The molecule has 1 rings (SSSR count). The highest BCUT2D eigenvalue weighted by atomic mass is 16.6. The number of anilines is 1. The second-order valence-corrected chi connectivity index (χ2v) is 5.87. The molecule has 3 N–H and O–H groups in total. The van der Waals surface area contributed by atoms with E-state index in [1.165, 1.54) is 0 Å². The summed E-state index contributed by atoms with van der Waals surface area (Å²) in [6.07, 6.45) is 1.07. The molecule has 20 heavy (non-hydrogen) atoms. The fourth-order valence-electron chi connectivity index (χ4n) is 1.74. The maximum atomic E-state index is 12.0. The number of alkyl carbamates (subject to hydrolysis) is 1. The van der Waals surface area contributed by atoms with Crippen molar-refractivity contribution in [2.24, 2.45) is 0 Å². The smallest absolute Gasteiger partial charge is 0.408 e. The number of nitrogens with zero attached hydrogens (tertiary/aromatic N) is 1. The summed E-state index contributed by atoms with van der Waals surface area (Å²) in [5.74, 6) is 0. The third-order valence-corrected chi connectivity index (χ3v) is 2.56. The molecule has 0 aliphatic heterocycles. The maximum absolute atomic E-state index is 12.0. The zero-order valence-corrected chi connectivity index (χ0v) is 12.7. The Balaban J connectivity index is 2.95. The van der Waals surface area contributed by atoms with E-state index in [-0.39, 0.29) is 6.61 Å². The van der Waals surface area contributed by atoms with Gasteiger partial charge in [0.15, 0.2) is 0 Å². The number of hydrogen-bond donors (Lipinski definition) is 2. The number of aromatic nitrogens is 1. The molecule has 112 valence electrons. The molecule has 1 atom stereocenters. The molecule has 1 aromatic heterocycles. The van der Waals surface area contributed by atoms with Crippen LogP contribution in [0.15, 0.2) is 18.3 Å². The summed E-state index contributed by atoms with van der Waals surface area (Å²) in [5, 5.41) is 2.79. The highest BCUT2D eigenvalue weighted by Crippen LogP contribution is 2.21. The summed E-state index contributed by atoms with van der Waals surface area (Å²) in [6, 6.07) is 3.39. The van der Waals surface area contributed by atoms with Gasteiger partial charge in [0.05, 0.1) is 12.3 Å². The molecule has 1 aromatic rings. The molecule has 0 unspecified atom stereocenters. The minimum absolute atomic E-state index is 0.253. The molecule has 1 amide bonds. The van der Waals surface area contributed by atoms with Crippen LogP contribution in [0.5, 0.6) is 0 Å². The molecule has 0 aliphatic carbocycles. The van der Waals surface area contributed by atoms with Gasteiger partial charge in [-0.25, -0.2) is 4.79 Å². The number of nitrogens with two attached hydrogens (primary N) is 1. The van der Waals surface area contributed by atoms with E-state index in [1.807, 2.05) is 6.92 Å². The minimum Gasteiger partial charge on any atom is -0.444 e. The number of nitrogen functional groups attached to an aromatic ring is 1. The van der Waals surface area contributed by atoms with Gasteiger partial charge in [-0.2, -0.15) is 0 Å². The van der Waals surface area contributed by atoms with Gasteiger partial charge >= 0.3 is 6.09 Å². The summed E-state index contributed by atoms with van der Waals surface area (Å²) in [4.78, 5) is 16.2. The third kappa shape index (κ3) is 4.70. The topological polar surface area (TPSA) is 86.5 Å². The van der Waals surface area contributed by atoms with Crippen molar-refractivity contribution in [3.8, 4) is 0 Å². The molecule has 0 aliphatic rings. The van der Waals surface area contributed by atoms with E-state index in [2.05, 4.69) is 10.3 Å². The van der Waals surface area contributed by atoms with Gasteiger partial charge in [-0.05, 0) is 39.8 Å². The van der Waals surface area contributed by atoms with Crippen molar-refractivity contribution in [2.75, 3.05) is 19.5 Å². The Kier molecular flexibility index (Phi) is 4.94. The largest absolute Gasteiger partial charge is 0.444 e. The van der Waals surface area contributed by atoms with Crippen LogP contribution in [0.4, 0.5) is 10.5 Å². The molecule has 6 nitrogen and oxygen atoms in total. The van der Waals surface area contributed by atoms with Crippen LogP contribution < -0.4 is 11.1 Å². The number of carbonyl (C=O) groups is 1. The van der Waals surface area contributed by atoms with Crippen molar-refractivity contribution < 1.29 is 14.3 Å². The first-order valence-corrected chi connectivity index (χ1v) is 6.38. The molecular weight excluding hydrogens is 258 g/mol. The molecule has 0 fully saturated rings. The lowest BCUT2D eigenvalue weighted by molar-refractivity contribution is 0.0370. The Morgan fingerprint density at radius 2 is 2.05 bits per heavy atom. The normalized spacial score (nSPS) is 14.4. The standard InChI is InChI=1S/C14H23N3O3/c1-13(2,3)20-12(18)17-14(4,9-19-5)11-8-10(15)6-7-16-11/h6-8H,9H2,1-5H3,(H2,15,16)(H,17,18)/t14-/m0/s1. The lowest BCUT2D eigenvalue weighted by atomic mass is 9.98. The van der Waals surface area contributed by atoms with Crippen molar-refractivity contribution >= 4 is 11.8 Å². The predicted octanol–water partition coefficient (Wildman–Crippen LogP) is 2.05. The molecule has 6 heteroatoms. The summed E-state index contributed by atoms with van der Waals surface area (Å²) in [5.41, 5.74) is 5.57. The van der Waals surface area contributed by atoms with Crippen LogP contribution in [0.25, 0.3) is 0 Å². The maximum Gasteiger partial charge on any atom is 0.408 e. The first kappa shape index (κ1) is 16.2. The van der Waals surface area contributed by atoms with E-state index in [4.69, 9.17) is 15.2 Å². The van der Waals surface area contributed by atoms with Gasteiger partial charge in [0.2, 0.25) is 0 Å². The molecule has 0 radical (unpaired) electrons. The van der Waals surface area contributed by atoms with Gasteiger partial charge in [-0.3, -0.25) is 4.98 Å². The number of amides is 1.